The van der Waals surface area contributed by atoms with Gasteiger partial charge in [0.25, 0.3) is 0 Å². The highest BCUT2D eigenvalue weighted by Gasteiger charge is 2.11. The summed E-state index contributed by atoms with van der Waals surface area (Å²) in [7, 11) is 0. The van der Waals surface area contributed by atoms with E-state index in [0.717, 1.165) is 12.8 Å². The van der Waals surface area contributed by atoms with Gasteiger partial charge in [-0.2, -0.15) is 13.9 Å². The van der Waals surface area contributed by atoms with Crippen LogP contribution in [0.3, 0.4) is 0 Å². The number of H-pyrrole nitrogens is 1. The highest BCUT2D eigenvalue weighted by atomic mass is 19.3. The second kappa shape index (κ2) is 8.54. The molecule has 3 aromatic rings. The van der Waals surface area contributed by atoms with Gasteiger partial charge in [-0.15, -0.1) is 11.7 Å². The number of halogens is 2. The first-order valence-electron chi connectivity index (χ1n) is 8.31. The number of rotatable bonds is 10. The molecular weight excluding hydrogens is 360 g/mol. The molecular formula is C16H19F2N7O2. The Kier molecular flexibility index (Phi) is 5.91. The maximum atomic E-state index is 12.2. The molecule has 3 rings (SSSR count). The van der Waals surface area contributed by atoms with Gasteiger partial charge in [-0.05, 0) is 19.3 Å². The Morgan fingerprint density at radius 3 is 3.00 bits per heavy atom. The first-order chi connectivity index (χ1) is 13.0. The van der Waals surface area contributed by atoms with E-state index in [4.69, 9.17) is 0 Å². The van der Waals surface area contributed by atoms with Gasteiger partial charge in [0.2, 0.25) is 5.88 Å². The number of alkyl halides is 2. The van der Waals surface area contributed by atoms with Crippen molar-refractivity contribution >= 4 is 22.8 Å². The summed E-state index contributed by atoms with van der Waals surface area (Å²) in [5.74, 6) is 0.510. The fraction of sp³-hybridized carbons (Fsp3) is 0.375. The van der Waals surface area contributed by atoms with Gasteiger partial charge in [0.15, 0.2) is 11.5 Å². The minimum absolute atomic E-state index is 0.228. The Morgan fingerprint density at radius 2 is 2.22 bits per heavy atom. The fourth-order valence-electron chi connectivity index (χ4n) is 2.46. The van der Waals surface area contributed by atoms with Gasteiger partial charge in [0.05, 0.1) is 18.5 Å². The van der Waals surface area contributed by atoms with Gasteiger partial charge in [-0.1, -0.05) is 6.08 Å². The monoisotopic (exact) mass is 379 g/mol. The van der Waals surface area contributed by atoms with E-state index in [-0.39, 0.29) is 5.88 Å². The predicted octanol–water partition coefficient (Wildman–Crippen LogP) is 2.61. The summed E-state index contributed by atoms with van der Waals surface area (Å²) in [6.07, 6.45) is 6.42. The minimum Gasteiger partial charge on any atom is -0.415 e. The van der Waals surface area contributed by atoms with Crippen LogP contribution in [-0.2, 0) is 6.54 Å². The normalized spacial score (nSPS) is 12.4. The van der Waals surface area contributed by atoms with Crippen LogP contribution in [0.25, 0.3) is 11.2 Å². The van der Waals surface area contributed by atoms with Crippen LogP contribution >= 0.6 is 0 Å². The number of aromatic nitrogens is 6. The van der Waals surface area contributed by atoms with Crippen molar-refractivity contribution in [1.82, 2.24) is 29.9 Å². The van der Waals surface area contributed by atoms with E-state index in [2.05, 4.69) is 41.9 Å². The third-order valence-corrected chi connectivity index (χ3v) is 3.76. The second-order valence-corrected chi connectivity index (χ2v) is 5.75. The zero-order valence-corrected chi connectivity index (χ0v) is 14.3. The molecule has 0 saturated carbocycles. The molecule has 0 bridgehead atoms. The van der Waals surface area contributed by atoms with Crippen LogP contribution in [0.4, 0.5) is 20.4 Å². The molecule has 0 fully saturated rings. The summed E-state index contributed by atoms with van der Waals surface area (Å²) in [5.41, 5.74) is 1.23. The standard InChI is InChI=1S/C16H19F2N7O2/c1-2-10(26)5-3-4-6-25-15-11(8-20-25)19-9-13(22-15)21-12-7-14(24-23-12)27-16(17)18/h2,7-10,16,26H,1,3-6H2,(H2,21,22,23,24). The van der Waals surface area contributed by atoms with Crippen molar-refractivity contribution in [1.29, 1.82) is 0 Å². The summed E-state index contributed by atoms with van der Waals surface area (Å²) >= 11 is 0. The van der Waals surface area contributed by atoms with Crippen LogP contribution < -0.4 is 10.1 Å². The summed E-state index contributed by atoms with van der Waals surface area (Å²) < 4.78 is 30.3. The summed E-state index contributed by atoms with van der Waals surface area (Å²) in [6, 6.07) is 1.29. The molecule has 27 heavy (non-hydrogen) atoms. The van der Waals surface area contributed by atoms with E-state index < -0.39 is 12.7 Å². The van der Waals surface area contributed by atoms with Gasteiger partial charge in [-0.3, -0.25) is 5.10 Å². The molecule has 0 aliphatic rings. The number of ether oxygens (including phenoxy) is 1. The fourth-order valence-corrected chi connectivity index (χ4v) is 2.46. The lowest BCUT2D eigenvalue weighted by atomic mass is 10.1. The van der Waals surface area contributed by atoms with E-state index in [1.165, 1.54) is 18.3 Å². The van der Waals surface area contributed by atoms with Gasteiger partial charge in [0, 0.05) is 12.6 Å². The van der Waals surface area contributed by atoms with E-state index in [0.29, 0.717) is 35.8 Å². The van der Waals surface area contributed by atoms with E-state index in [1.54, 1.807) is 10.9 Å². The molecule has 144 valence electrons. The van der Waals surface area contributed by atoms with Gasteiger partial charge >= 0.3 is 6.61 Å². The molecule has 0 aliphatic carbocycles. The van der Waals surface area contributed by atoms with Gasteiger partial charge in [0.1, 0.15) is 11.3 Å². The van der Waals surface area contributed by atoms with Crippen molar-refractivity contribution in [3.63, 3.8) is 0 Å². The van der Waals surface area contributed by atoms with Crippen LogP contribution in [0, 0.1) is 0 Å². The Bertz CT molecular complexity index is 896. The maximum Gasteiger partial charge on any atom is 0.388 e. The SMILES string of the molecule is C=CC(O)CCCCn1ncc2ncc(Nc3cc(OC(F)F)n[nH]3)nc21. The third kappa shape index (κ3) is 4.97. The van der Waals surface area contributed by atoms with E-state index in [9.17, 15) is 13.9 Å². The summed E-state index contributed by atoms with van der Waals surface area (Å²) in [6.45, 7) is 1.23. The molecule has 0 aromatic carbocycles. The maximum absolute atomic E-state index is 12.2. The van der Waals surface area contributed by atoms with Crippen molar-refractivity contribution in [3.05, 3.63) is 31.1 Å². The molecule has 1 unspecified atom stereocenters. The van der Waals surface area contributed by atoms with Gasteiger partial charge in [-0.25, -0.2) is 14.6 Å². The van der Waals surface area contributed by atoms with Crippen LogP contribution in [0.5, 0.6) is 5.88 Å². The average molecular weight is 379 g/mol. The lowest BCUT2D eigenvalue weighted by molar-refractivity contribution is -0.0528. The molecule has 0 saturated heterocycles. The molecule has 3 N–H and O–H groups in total. The van der Waals surface area contributed by atoms with Crippen molar-refractivity contribution < 1.29 is 18.6 Å². The number of aromatic amines is 1. The molecule has 0 spiro atoms. The molecule has 0 aliphatic heterocycles. The Morgan fingerprint density at radius 1 is 1.37 bits per heavy atom. The van der Waals surface area contributed by atoms with Crippen LogP contribution in [-0.4, -0.2) is 47.8 Å². The van der Waals surface area contributed by atoms with Crippen LogP contribution in [0.1, 0.15) is 19.3 Å². The Hall–Kier alpha value is -3.08. The zero-order chi connectivity index (χ0) is 19.2. The second-order valence-electron chi connectivity index (χ2n) is 5.75. The Labute approximate surface area is 153 Å². The number of aryl methyl sites for hydroxylation is 1. The highest BCUT2D eigenvalue weighted by Crippen LogP contribution is 2.20. The average Bonchev–Trinajstić information content (AvgIpc) is 3.24. The highest BCUT2D eigenvalue weighted by molar-refractivity contribution is 5.71. The molecule has 0 amide bonds. The lowest BCUT2D eigenvalue weighted by Gasteiger charge is -2.06. The number of nitrogens with one attached hydrogen (secondary N) is 2. The predicted molar refractivity (Wildman–Crippen MR) is 93.9 cm³/mol. The number of aliphatic hydroxyl groups is 1. The first-order valence-corrected chi connectivity index (χ1v) is 8.31. The van der Waals surface area contributed by atoms with Crippen LogP contribution in [0.2, 0.25) is 0 Å². The minimum atomic E-state index is -2.95. The van der Waals surface area contributed by atoms with Crippen molar-refractivity contribution in [2.75, 3.05) is 5.32 Å². The van der Waals surface area contributed by atoms with Gasteiger partial charge < -0.3 is 15.2 Å². The third-order valence-electron chi connectivity index (χ3n) is 3.76. The molecule has 3 aromatic heterocycles. The number of aliphatic hydroxyl groups excluding tert-OH is 1. The quantitative estimate of drug-likeness (QED) is 0.366. The number of hydrogen-bond donors (Lipinski definition) is 3. The lowest BCUT2D eigenvalue weighted by Crippen LogP contribution is -2.05. The molecule has 0 radical (unpaired) electrons. The van der Waals surface area contributed by atoms with E-state index >= 15 is 0 Å². The van der Waals surface area contributed by atoms with Crippen molar-refractivity contribution in [2.24, 2.45) is 0 Å². The van der Waals surface area contributed by atoms with Crippen molar-refractivity contribution in [3.8, 4) is 5.88 Å². The van der Waals surface area contributed by atoms with Crippen molar-refractivity contribution in [2.45, 2.75) is 38.5 Å². The number of fused-ring (bicyclic) bond motifs is 1. The number of anilines is 2. The first kappa shape index (κ1) is 18.7. The Balaban J connectivity index is 1.65. The smallest absolute Gasteiger partial charge is 0.388 e. The topological polar surface area (TPSA) is 114 Å². The number of unbranched alkanes of at least 4 members (excludes halogenated alkanes) is 1. The largest absolute Gasteiger partial charge is 0.415 e. The molecule has 1 atom stereocenters. The number of nitrogens with zero attached hydrogens (tertiary/aromatic N) is 5. The summed E-state index contributed by atoms with van der Waals surface area (Å²) in [4.78, 5) is 8.73. The molecule has 11 heteroatoms. The number of hydrogen-bond acceptors (Lipinski definition) is 7. The van der Waals surface area contributed by atoms with E-state index in [1.807, 2.05) is 0 Å². The van der Waals surface area contributed by atoms with Crippen LogP contribution in [0.15, 0.2) is 31.1 Å². The molecule has 9 nitrogen and oxygen atoms in total. The summed E-state index contributed by atoms with van der Waals surface area (Å²) in [5, 5.41) is 22.8. The molecule has 3 heterocycles. The zero-order valence-electron chi connectivity index (χ0n) is 14.3.